The van der Waals surface area contributed by atoms with Crippen LogP contribution < -0.4 is 5.32 Å². The third-order valence-corrected chi connectivity index (χ3v) is 5.63. The summed E-state index contributed by atoms with van der Waals surface area (Å²) in [5.74, 6) is 1.18. The Bertz CT molecular complexity index is 389. The third-order valence-electron chi connectivity index (χ3n) is 4.63. The topological polar surface area (TPSA) is 15.3 Å². The van der Waals surface area contributed by atoms with E-state index in [1.165, 1.54) is 36.6 Å². The minimum absolute atomic E-state index is 0.365. The van der Waals surface area contributed by atoms with E-state index in [1.807, 2.05) is 11.8 Å². The second-order valence-electron chi connectivity index (χ2n) is 5.82. The Balaban J connectivity index is 1.91. The van der Waals surface area contributed by atoms with Gasteiger partial charge in [-0.15, -0.1) is 11.8 Å². The maximum Gasteiger partial charge on any atom is 0.0329 e. The van der Waals surface area contributed by atoms with Gasteiger partial charge in [-0.25, -0.2) is 0 Å². The van der Waals surface area contributed by atoms with E-state index in [4.69, 9.17) is 0 Å². The zero-order valence-corrected chi connectivity index (χ0v) is 13.9. The molecule has 1 fully saturated rings. The van der Waals surface area contributed by atoms with Gasteiger partial charge in [-0.2, -0.15) is 0 Å². The van der Waals surface area contributed by atoms with Crippen molar-refractivity contribution >= 4 is 11.8 Å². The minimum atomic E-state index is 0.365. The summed E-state index contributed by atoms with van der Waals surface area (Å²) in [6.45, 7) is 10.5. The number of hydrogen-bond donors (Lipinski definition) is 1. The zero-order chi connectivity index (χ0) is 14.4. The molecule has 1 atom stereocenters. The highest BCUT2D eigenvalue weighted by atomic mass is 32.2. The Hall–Kier alpha value is -0.510. The Labute approximate surface area is 128 Å². The predicted octanol–water partition coefficient (Wildman–Crippen LogP) is 3.63. The fourth-order valence-corrected chi connectivity index (χ4v) is 4.03. The molecule has 112 valence electrons. The summed E-state index contributed by atoms with van der Waals surface area (Å²) in [6, 6.07) is 11.4. The maximum atomic E-state index is 3.66. The summed E-state index contributed by atoms with van der Waals surface area (Å²) in [6.07, 6.45) is 2.47. The molecule has 20 heavy (non-hydrogen) atoms. The highest BCUT2D eigenvalue weighted by Crippen LogP contribution is 2.28. The number of hydrogen-bond acceptors (Lipinski definition) is 3. The number of benzene rings is 1. The lowest BCUT2D eigenvalue weighted by molar-refractivity contribution is 0.0410. The van der Waals surface area contributed by atoms with Crippen LogP contribution in [-0.2, 0) is 0 Å². The normalized spacial score (nSPS) is 22.9. The molecule has 1 N–H and O–H groups in total. The standard InChI is InChI=1S/C17H28N2S/c1-4-17(5-2)14-18-15(3)13-19(17)11-12-20-16-9-7-6-8-10-16/h6-10,15,18H,4-5,11-14H2,1-3H3. The van der Waals surface area contributed by atoms with Crippen LogP contribution in [0.3, 0.4) is 0 Å². The van der Waals surface area contributed by atoms with Gasteiger partial charge >= 0.3 is 0 Å². The average molecular weight is 292 g/mol. The van der Waals surface area contributed by atoms with E-state index in [-0.39, 0.29) is 0 Å². The quantitative estimate of drug-likeness (QED) is 0.806. The molecular weight excluding hydrogens is 264 g/mol. The molecule has 0 saturated carbocycles. The van der Waals surface area contributed by atoms with Crippen LogP contribution in [0.4, 0.5) is 0 Å². The van der Waals surface area contributed by atoms with Crippen LogP contribution in [0.5, 0.6) is 0 Å². The Morgan fingerprint density at radius 1 is 1.25 bits per heavy atom. The number of nitrogens with one attached hydrogen (secondary N) is 1. The van der Waals surface area contributed by atoms with Crippen molar-refractivity contribution in [2.45, 2.75) is 50.1 Å². The molecule has 0 radical (unpaired) electrons. The van der Waals surface area contributed by atoms with E-state index in [2.05, 4.69) is 61.3 Å². The van der Waals surface area contributed by atoms with Crippen LogP contribution >= 0.6 is 11.8 Å². The predicted molar refractivity (Wildman–Crippen MR) is 89.5 cm³/mol. The number of thioether (sulfide) groups is 1. The summed E-state index contributed by atoms with van der Waals surface area (Å²) >= 11 is 1.97. The highest BCUT2D eigenvalue weighted by molar-refractivity contribution is 7.99. The van der Waals surface area contributed by atoms with E-state index in [0.29, 0.717) is 11.6 Å². The first-order chi connectivity index (χ1) is 9.70. The second kappa shape index (κ2) is 7.48. The molecule has 1 aliphatic rings. The van der Waals surface area contributed by atoms with Crippen molar-refractivity contribution in [1.29, 1.82) is 0 Å². The molecule has 0 aromatic heterocycles. The van der Waals surface area contributed by atoms with Gasteiger partial charge in [0.25, 0.3) is 0 Å². The van der Waals surface area contributed by atoms with Crippen molar-refractivity contribution in [3.05, 3.63) is 30.3 Å². The van der Waals surface area contributed by atoms with Gasteiger partial charge in [0.15, 0.2) is 0 Å². The Morgan fingerprint density at radius 2 is 1.95 bits per heavy atom. The summed E-state index contributed by atoms with van der Waals surface area (Å²) < 4.78 is 0. The van der Waals surface area contributed by atoms with Crippen LogP contribution in [-0.4, -0.2) is 41.9 Å². The fourth-order valence-electron chi connectivity index (χ4n) is 3.13. The summed E-state index contributed by atoms with van der Waals surface area (Å²) in [5.41, 5.74) is 0.365. The molecule has 2 nitrogen and oxygen atoms in total. The van der Waals surface area contributed by atoms with E-state index < -0.39 is 0 Å². The molecule has 1 unspecified atom stereocenters. The smallest absolute Gasteiger partial charge is 0.0329 e. The average Bonchev–Trinajstić information content (AvgIpc) is 2.49. The van der Waals surface area contributed by atoms with Crippen LogP contribution in [0, 0.1) is 0 Å². The van der Waals surface area contributed by atoms with Gasteiger partial charge in [-0.1, -0.05) is 32.0 Å². The van der Waals surface area contributed by atoms with Crippen molar-refractivity contribution < 1.29 is 0 Å². The van der Waals surface area contributed by atoms with Gasteiger partial charge < -0.3 is 5.32 Å². The fraction of sp³-hybridized carbons (Fsp3) is 0.647. The van der Waals surface area contributed by atoms with Crippen LogP contribution in [0.15, 0.2) is 35.2 Å². The summed E-state index contributed by atoms with van der Waals surface area (Å²) in [5, 5.41) is 3.66. The molecule has 0 amide bonds. The summed E-state index contributed by atoms with van der Waals surface area (Å²) in [7, 11) is 0. The lowest BCUT2D eigenvalue weighted by Gasteiger charge is -2.49. The van der Waals surface area contributed by atoms with Gasteiger partial charge in [-0.3, -0.25) is 4.90 Å². The van der Waals surface area contributed by atoms with Gasteiger partial charge in [0, 0.05) is 41.9 Å². The van der Waals surface area contributed by atoms with E-state index in [0.717, 1.165) is 6.54 Å². The number of rotatable bonds is 6. The Morgan fingerprint density at radius 3 is 2.60 bits per heavy atom. The molecule has 1 saturated heterocycles. The second-order valence-corrected chi connectivity index (χ2v) is 6.99. The minimum Gasteiger partial charge on any atom is -0.311 e. The largest absolute Gasteiger partial charge is 0.311 e. The first kappa shape index (κ1) is 15.9. The Kier molecular flexibility index (Phi) is 5.94. The third kappa shape index (κ3) is 3.78. The van der Waals surface area contributed by atoms with Crippen LogP contribution in [0.1, 0.15) is 33.6 Å². The van der Waals surface area contributed by atoms with Crippen LogP contribution in [0.25, 0.3) is 0 Å². The van der Waals surface area contributed by atoms with Gasteiger partial charge in [0.1, 0.15) is 0 Å². The van der Waals surface area contributed by atoms with Gasteiger partial charge in [0.05, 0.1) is 0 Å². The molecule has 1 heterocycles. The van der Waals surface area contributed by atoms with Crippen molar-refractivity contribution in [3.8, 4) is 0 Å². The first-order valence-corrected chi connectivity index (χ1v) is 8.85. The molecule has 0 bridgehead atoms. The van der Waals surface area contributed by atoms with Gasteiger partial charge in [-0.05, 0) is 31.9 Å². The molecular formula is C17H28N2S. The molecule has 0 spiro atoms. The monoisotopic (exact) mass is 292 g/mol. The maximum absolute atomic E-state index is 3.66. The molecule has 1 aromatic rings. The van der Waals surface area contributed by atoms with E-state index >= 15 is 0 Å². The van der Waals surface area contributed by atoms with Crippen molar-refractivity contribution in [2.24, 2.45) is 0 Å². The van der Waals surface area contributed by atoms with E-state index in [1.54, 1.807) is 0 Å². The first-order valence-electron chi connectivity index (χ1n) is 7.86. The lowest BCUT2D eigenvalue weighted by atomic mass is 9.87. The molecule has 1 aliphatic heterocycles. The summed E-state index contributed by atoms with van der Waals surface area (Å²) in [4.78, 5) is 4.11. The van der Waals surface area contributed by atoms with Crippen LogP contribution in [0.2, 0.25) is 0 Å². The molecule has 3 heteroatoms. The molecule has 2 rings (SSSR count). The highest BCUT2D eigenvalue weighted by Gasteiger charge is 2.37. The zero-order valence-electron chi connectivity index (χ0n) is 13.1. The van der Waals surface area contributed by atoms with Crippen molar-refractivity contribution in [2.75, 3.05) is 25.4 Å². The number of nitrogens with zero attached hydrogens (tertiary/aromatic N) is 1. The SMILES string of the molecule is CCC1(CC)CNC(C)CN1CCSc1ccccc1. The molecule has 1 aromatic carbocycles. The molecule has 0 aliphatic carbocycles. The van der Waals surface area contributed by atoms with Gasteiger partial charge in [0.2, 0.25) is 0 Å². The lowest BCUT2D eigenvalue weighted by Crippen LogP contribution is -2.63. The van der Waals surface area contributed by atoms with Crippen molar-refractivity contribution in [3.63, 3.8) is 0 Å². The van der Waals surface area contributed by atoms with Crippen molar-refractivity contribution in [1.82, 2.24) is 10.2 Å². The number of piperazine rings is 1. The van der Waals surface area contributed by atoms with E-state index in [9.17, 15) is 0 Å².